The lowest BCUT2D eigenvalue weighted by Gasteiger charge is -2.21. The van der Waals surface area contributed by atoms with E-state index in [1.807, 2.05) is 13.0 Å². The molecule has 1 N–H and O–H groups in total. The van der Waals surface area contributed by atoms with Gasteiger partial charge in [0.25, 0.3) is 5.56 Å². The number of hydrogen-bond acceptors (Lipinski definition) is 2. The number of aryl methyl sites for hydroxylation is 1. The maximum absolute atomic E-state index is 12.0. The van der Waals surface area contributed by atoms with E-state index in [-0.39, 0.29) is 24.1 Å². The zero-order valence-corrected chi connectivity index (χ0v) is 12.2. The second-order valence-corrected chi connectivity index (χ2v) is 5.78. The first-order valence-electron chi connectivity index (χ1n) is 7.61. The second-order valence-electron chi connectivity index (χ2n) is 5.78. The Bertz CT molecular complexity index is 499. The molecule has 0 aliphatic heterocycles. The molecular weight excluding hydrogens is 252 g/mol. The molecule has 0 spiro atoms. The van der Waals surface area contributed by atoms with Crippen molar-refractivity contribution < 1.29 is 4.79 Å². The van der Waals surface area contributed by atoms with Crippen LogP contribution in [-0.2, 0) is 11.3 Å². The Hall–Kier alpha value is -1.58. The van der Waals surface area contributed by atoms with Gasteiger partial charge < -0.3 is 9.88 Å². The van der Waals surface area contributed by atoms with Crippen molar-refractivity contribution in [2.75, 3.05) is 0 Å². The highest BCUT2D eigenvalue weighted by Crippen LogP contribution is 2.16. The van der Waals surface area contributed by atoms with Crippen molar-refractivity contribution in [2.24, 2.45) is 0 Å². The van der Waals surface area contributed by atoms with Gasteiger partial charge in [0.05, 0.1) is 0 Å². The van der Waals surface area contributed by atoms with Crippen molar-refractivity contribution >= 4 is 5.91 Å². The van der Waals surface area contributed by atoms with E-state index in [2.05, 4.69) is 5.32 Å². The predicted octanol–water partition coefficient (Wildman–Crippen LogP) is 2.39. The summed E-state index contributed by atoms with van der Waals surface area (Å²) in [6.45, 7) is 2.00. The largest absolute Gasteiger partial charge is 0.352 e. The van der Waals surface area contributed by atoms with Gasteiger partial charge in [0.2, 0.25) is 5.91 Å². The number of pyridine rings is 1. The molecule has 1 heterocycles. The van der Waals surface area contributed by atoms with E-state index < -0.39 is 0 Å². The summed E-state index contributed by atoms with van der Waals surface area (Å²) >= 11 is 0. The Morgan fingerprint density at radius 3 is 2.55 bits per heavy atom. The van der Waals surface area contributed by atoms with Gasteiger partial charge in [0, 0.05) is 18.3 Å². The first-order chi connectivity index (χ1) is 9.65. The van der Waals surface area contributed by atoms with Crippen LogP contribution in [0.3, 0.4) is 0 Å². The van der Waals surface area contributed by atoms with Gasteiger partial charge >= 0.3 is 0 Å². The lowest BCUT2D eigenvalue weighted by Crippen LogP contribution is -2.39. The Kier molecular flexibility index (Phi) is 5.39. The molecule has 0 unspecified atom stereocenters. The van der Waals surface area contributed by atoms with Crippen molar-refractivity contribution in [2.45, 2.75) is 64.5 Å². The number of nitrogens with one attached hydrogen (secondary N) is 1. The minimum absolute atomic E-state index is 0.0541. The first-order valence-corrected chi connectivity index (χ1v) is 7.61. The summed E-state index contributed by atoms with van der Waals surface area (Å²) in [6.07, 6.45) is 10.1. The lowest BCUT2D eigenvalue weighted by molar-refractivity contribution is -0.122. The third-order valence-electron chi connectivity index (χ3n) is 3.94. The standard InChI is InChI=1S/C16H24N2O2/c1-13-9-10-18(16(20)11-13)12-15(19)17-14-7-5-3-2-4-6-8-14/h9-11,14H,2-8,12H2,1H3,(H,17,19). The molecule has 1 aliphatic rings. The van der Waals surface area contributed by atoms with E-state index >= 15 is 0 Å². The first kappa shape index (κ1) is 14.8. The van der Waals surface area contributed by atoms with Crippen molar-refractivity contribution in [3.05, 3.63) is 34.2 Å². The lowest BCUT2D eigenvalue weighted by atomic mass is 9.97. The molecule has 4 nitrogen and oxygen atoms in total. The Labute approximate surface area is 120 Å². The van der Waals surface area contributed by atoms with Crippen molar-refractivity contribution in [3.63, 3.8) is 0 Å². The molecule has 0 radical (unpaired) electrons. The highest BCUT2D eigenvalue weighted by molar-refractivity contribution is 5.76. The van der Waals surface area contributed by atoms with Gasteiger partial charge in [-0.3, -0.25) is 9.59 Å². The summed E-state index contributed by atoms with van der Waals surface area (Å²) < 4.78 is 1.46. The smallest absolute Gasteiger partial charge is 0.251 e. The summed E-state index contributed by atoms with van der Waals surface area (Å²) in [5.41, 5.74) is 0.810. The van der Waals surface area contributed by atoms with Crippen LogP contribution in [0.1, 0.15) is 50.5 Å². The molecule has 1 aromatic heterocycles. The van der Waals surface area contributed by atoms with Gasteiger partial charge in [-0.15, -0.1) is 0 Å². The third-order valence-corrected chi connectivity index (χ3v) is 3.94. The molecule has 110 valence electrons. The van der Waals surface area contributed by atoms with E-state index in [1.165, 1.54) is 36.7 Å². The molecular formula is C16H24N2O2. The molecule has 1 saturated carbocycles. The molecule has 0 aromatic carbocycles. The number of rotatable bonds is 3. The fraction of sp³-hybridized carbons (Fsp3) is 0.625. The van der Waals surface area contributed by atoms with Crippen LogP contribution in [0, 0.1) is 6.92 Å². The van der Waals surface area contributed by atoms with E-state index in [0.29, 0.717) is 0 Å². The molecule has 2 rings (SSSR count). The zero-order chi connectivity index (χ0) is 14.4. The van der Waals surface area contributed by atoms with Crippen molar-refractivity contribution in [1.29, 1.82) is 0 Å². The van der Waals surface area contributed by atoms with Crippen LogP contribution in [0.5, 0.6) is 0 Å². The van der Waals surface area contributed by atoms with Crippen LogP contribution in [-0.4, -0.2) is 16.5 Å². The van der Waals surface area contributed by atoms with Gasteiger partial charge in [-0.1, -0.05) is 32.1 Å². The van der Waals surface area contributed by atoms with Crippen LogP contribution in [0.2, 0.25) is 0 Å². The van der Waals surface area contributed by atoms with Crippen LogP contribution in [0.4, 0.5) is 0 Å². The normalized spacial score (nSPS) is 17.2. The molecule has 0 saturated heterocycles. The fourth-order valence-corrected chi connectivity index (χ4v) is 2.77. The van der Waals surface area contributed by atoms with E-state index in [0.717, 1.165) is 18.4 Å². The number of hydrogen-bond donors (Lipinski definition) is 1. The molecule has 1 amide bonds. The summed E-state index contributed by atoms with van der Waals surface area (Å²) in [7, 11) is 0. The van der Waals surface area contributed by atoms with Crippen LogP contribution in [0.25, 0.3) is 0 Å². The molecule has 1 aromatic rings. The average molecular weight is 276 g/mol. The van der Waals surface area contributed by atoms with E-state index in [1.54, 1.807) is 12.3 Å². The average Bonchev–Trinajstić information content (AvgIpc) is 2.36. The monoisotopic (exact) mass is 276 g/mol. The van der Waals surface area contributed by atoms with Crippen LogP contribution in [0.15, 0.2) is 23.1 Å². The number of carbonyl (C=O) groups is 1. The Balaban J connectivity index is 1.89. The van der Waals surface area contributed by atoms with E-state index in [9.17, 15) is 9.59 Å². The number of amides is 1. The minimum Gasteiger partial charge on any atom is -0.352 e. The van der Waals surface area contributed by atoms with Gasteiger partial charge in [0.15, 0.2) is 0 Å². The Morgan fingerprint density at radius 1 is 1.25 bits per heavy atom. The molecule has 0 atom stereocenters. The van der Waals surface area contributed by atoms with E-state index in [4.69, 9.17) is 0 Å². The molecule has 4 heteroatoms. The topological polar surface area (TPSA) is 51.1 Å². The van der Waals surface area contributed by atoms with Crippen molar-refractivity contribution in [1.82, 2.24) is 9.88 Å². The van der Waals surface area contributed by atoms with Gasteiger partial charge in [-0.25, -0.2) is 0 Å². The van der Waals surface area contributed by atoms with Gasteiger partial charge in [0.1, 0.15) is 6.54 Å². The number of nitrogens with zero attached hydrogens (tertiary/aromatic N) is 1. The predicted molar refractivity (Wildman–Crippen MR) is 79.7 cm³/mol. The van der Waals surface area contributed by atoms with Crippen molar-refractivity contribution in [3.8, 4) is 0 Å². The zero-order valence-electron chi connectivity index (χ0n) is 12.2. The molecule has 20 heavy (non-hydrogen) atoms. The SMILES string of the molecule is Cc1ccn(CC(=O)NC2CCCCCCC2)c(=O)c1. The Morgan fingerprint density at radius 2 is 1.90 bits per heavy atom. The number of carbonyl (C=O) groups excluding carboxylic acids is 1. The van der Waals surface area contributed by atoms with Gasteiger partial charge in [-0.05, 0) is 31.4 Å². The maximum atomic E-state index is 12.0. The number of aromatic nitrogens is 1. The highest BCUT2D eigenvalue weighted by Gasteiger charge is 2.14. The highest BCUT2D eigenvalue weighted by atomic mass is 16.2. The van der Waals surface area contributed by atoms with Crippen LogP contribution < -0.4 is 10.9 Å². The summed E-state index contributed by atoms with van der Waals surface area (Å²) in [6, 6.07) is 3.69. The molecule has 1 aliphatic carbocycles. The summed E-state index contributed by atoms with van der Waals surface area (Å²) in [5.74, 6) is -0.0541. The molecule has 0 bridgehead atoms. The summed E-state index contributed by atoms with van der Waals surface area (Å²) in [4.78, 5) is 23.8. The fourth-order valence-electron chi connectivity index (χ4n) is 2.77. The second kappa shape index (κ2) is 7.27. The molecule has 1 fully saturated rings. The third kappa shape index (κ3) is 4.51. The maximum Gasteiger partial charge on any atom is 0.251 e. The minimum atomic E-state index is -0.113. The van der Waals surface area contributed by atoms with Gasteiger partial charge in [-0.2, -0.15) is 0 Å². The summed E-state index contributed by atoms with van der Waals surface area (Å²) in [5, 5.41) is 3.08. The quantitative estimate of drug-likeness (QED) is 0.921. The van der Waals surface area contributed by atoms with Crippen LogP contribution >= 0.6 is 0 Å².